The van der Waals surface area contributed by atoms with Crippen LogP contribution in [-0.4, -0.2) is 58.2 Å². The van der Waals surface area contributed by atoms with E-state index >= 15 is 0 Å². The van der Waals surface area contributed by atoms with Gasteiger partial charge in [0, 0.05) is 13.1 Å². The van der Waals surface area contributed by atoms with Crippen LogP contribution in [-0.2, 0) is 26.9 Å². The maximum Gasteiger partial charge on any atom is 0.315 e. The first-order valence-corrected chi connectivity index (χ1v) is 11.6. The van der Waals surface area contributed by atoms with Gasteiger partial charge in [-0.25, -0.2) is 8.42 Å². The van der Waals surface area contributed by atoms with Crippen molar-refractivity contribution < 1.29 is 27.5 Å². The SMILES string of the molecule is Cc1nn(CC(=O)NCCNC(=O)c2nc(CS(=O)(=O)c3ccccc3)no2)c(C)c1[N+](=O)[O-]. The monoisotopic (exact) mass is 491 g/mol. The van der Waals surface area contributed by atoms with Crippen LogP contribution >= 0.6 is 0 Å². The summed E-state index contributed by atoms with van der Waals surface area (Å²) in [6.07, 6.45) is 0. The molecule has 34 heavy (non-hydrogen) atoms. The topological polar surface area (TPSA) is 192 Å². The molecule has 1 aromatic carbocycles. The van der Waals surface area contributed by atoms with Gasteiger partial charge in [0.1, 0.15) is 23.7 Å². The van der Waals surface area contributed by atoms with E-state index in [-0.39, 0.29) is 47.4 Å². The van der Waals surface area contributed by atoms with Crippen LogP contribution in [0.2, 0.25) is 0 Å². The lowest BCUT2D eigenvalue weighted by Crippen LogP contribution is -2.36. The van der Waals surface area contributed by atoms with Gasteiger partial charge in [0.2, 0.25) is 5.91 Å². The van der Waals surface area contributed by atoms with Gasteiger partial charge < -0.3 is 15.2 Å². The lowest BCUT2D eigenvalue weighted by Gasteiger charge is -2.06. The highest BCUT2D eigenvalue weighted by molar-refractivity contribution is 7.90. The number of hydrogen-bond acceptors (Lipinski definition) is 10. The first kappa shape index (κ1) is 24.5. The Morgan fingerprint density at radius 3 is 2.47 bits per heavy atom. The summed E-state index contributed by atoms with van der Waals surface area (Å²) in [6.45, 7) is 2.82. The van der Waals surface area contributed by atoms with Crippen LogP contribution in [0.5, 0.6) is 0 Å². The third kappa shape index (κ3) is 5.80. The molecule has 0 aliphatic heterocycles. The molecule has 0 radical (unpaired) electrons. The van der Waals surface area contributed by atoms with E-state index in [1.54, 1.807) is 18.2 Å². The lowest BCUT2D eigenvalue weighted by atomic mass is 10.3. The number of sulfone groups is 1. The highest BCUT2D eigenvalue weighted by Gasteiger charge is 2.23. The Morgan fingerprint density at radius 1 is 1.15 bits per heavy atom. The number of carbonyl (C=O) groups excluding carboxylic acids is 2. The molecule has 0 saturated heterocycles. The average Bonchev–Trinajstić information content (AvgIpc) is 3.35. The molecule has 180 valence electrons. The Morgan fingerprint density at radius 2 is 1.82 bits per heavy atom. The number of rotatable bonds is 10. The van der Waals surface area contributed by atoms with Crippen molar-refractivity contribution in [3.63, 3.8) is 0 Å². The molecule has 3 rings (SSSR count). The standard InChI is InChI=1S/C19H21N7O7S/c1-12-17(26(29)30)13(2)25(23-12)10-16(27)20-8-9-21-18(28)19-22-15(24-33-19)11-34(31,32)14-6-4-3-5-7-14/h3-7H,8-11H2,1-2H3,(H,20,27)(H,21,28). The number of benzene rings is 1. The van der Waals surface area contributed by atoms with Crippen LogP contribution in [0.25, 0.3) is 0 Å². The summed E-state index contributed by atoms with van der Waals surface area (Å²) in [5.74, 6) is -2.31. The maximum absolute atomic E-state index is 12.4. The summed E-state index contributed by atoms with van der Waals surface area (Å²) < 4.78 is 30.8. The Kier molecular flexibility index (Phi) is 7.35. The van der Waals surface area contributed by atoms with Crippen molar-refractivity contribution in [1.29, 1.82) is 0 Å². The van der Waals surface area contributed by atoms with Gasteiger partial charge in [-0.15, -0.1) is 0 Å². The summed E-state index contributed by atoms with van der Waals surface area (Å²) in [5.41, 5.74) is 0.320. The van der Waals surface area contributed by atoms with E-state index in [1.807, 2.05) is 0 Å². The molecule has 2 heterocycles. The lowest BCUT2D eigenvalue weighted by molar-refractivity contribution is -0.386. The Labute approximate surface area is 193 Å². The molecule has 0 unspecified atom stereocenters. The minimum atomic E-state index is -3.70. The van der Waals surface area contributed by atoms with Crippen LogP contribution in [0.4, 0.5) is 5.69 Å². The largest absolute Gasteiger partial charge is 0.353 e. The van der Waals surface area contributed by atoms with Gasteiger partial charge >= 0.3 is 17.5 Å². The van der Waals surface area contributed by atoms with Gasteiger partial charge in [0.05, 0.1) is 9.82 Å². The molecule has 0 spiro atoms. The number of nitrogens with one attached hydrogen (secondary N) is 2. The fourth-order valence-corrected chi connectivity index (χ4v) is 4.23. The second kappa shape index (κ2) is 10.2. The average molecular weight is 491 g/mol. The minimum Gasteiger partial charge on any atom is -0.353 e. The van der Waals surface area contributed by atoms with Crippen molar-refractivity contribution in [2.75, 3.05) is 13.1 Å². The van der Waals surface area contributed by atoms with Crippen molar-refractivity contribution in [2.24, 2.45) is 0 Å². The predicted octanol–water partition coefficient (Wildman–Crippen LogP) is 0.311. The highest BCUT2D eigenvalue weighted by atomic mass is 32.2. The number of nitro groups is 1. The molecule has 3 aromatic rings. The first-order chi connectivity index (χ1) is 16.1. The molecular weight excluding hydrogens is 470 g/mol. The van der Waals surface area contributed by atoms with Crippen LogP contribution in [0.3, 0.4) is 0 Å². The van der Waals surface area contributed by atoms with Crippen molar-refractivity contribution in [2.45, 2.75) is 31.0 Å². The zero-order valence-electron chi connectivity index (χ0n) is 18.2. The molecule has 14 nitrogen and oxygen atoms in total. The molecule has 0 fully saturated rings. The number of amides is 2. The van der Waals surface area contributed by atoms with Crippen LogP contribution in [0.15, 0.2) is 39.8 Å². The molecule has 0 bridgehead atoms. The molecule has 0 saturated carbocycles. The summed E-state index contributed by atoms with van der Waals surface area (Å²) >= 11 is 0. The molecule has 0 aliphatic carbocycles. The third-order valence-corrected chi connectivity index (χ3v) is 6.26. The maximum atomic E-state index is 12.4. The van der Waals surface area contributed by atoms with Crippen LogP contribution < -0.4 is 10.6 Å². The molecule has 2 aromatic heterocycles. The number of carbonyl (C=O) groups is 2. The zero-order chi connectivity index (χ0) is 24.9. The van der Waals surface area contributed by atoms with E-state index in [0.29, 0.717) is 0 Å². The molecule has 2 N–H and O–H groups in total. The zero-order valence-corrected chi connectivity index (χ0v) is 19.0. The van der Waals surface area contributed by atoms with E-state index in [1.165, 1.54) is 30.7 Å². The van der Waals surface area contributed by atoms with Gasteiger partial charge in [-0.05, 0) is 26.0 Å². The fraction of sp³-hybridized carbons (Fsp3) is 0.316. The summed E-state index contributed by atoms with van der Waals surface area (Å²) in [7, 11) is -3.70. The fourth-order valence-electron chi connectivity index (χ4n) is 3.04. The molecule has 0 atom stereocenters. The van der Waals surface area contributed by atoms with E-state index in [9.17, 15) is 28.1 Å². The Bertz CT molecular complexity index is 1320. The molecular formula is C19H21N7O7S. The predicted molar refractivity (Wildman–Crippen MR) is 115 cm³/mol. The van der Waals surface area contributed by atoms with Crippen LogP contribution in [0.1, 0.15) is 27.9 Å². The van der Waals surface area contributed by atoms with E-state index in [4.69, 9.17) is 4.52 Å². The summed E-state index contributed by atoms with van der Waals surface area (Å²) in [6, 6.07) is 7.73. The second-order valence-corrected chi connectivity index (χ2v) is 9.12. The smallest absolute Gasteiger partial charge is 0.315 e. The van der Waals surface area contributed by atoms with Gasteiger partial charge in [-0.1, -0.05) is 23.4 Å². The second-order valence-electron chi connectivity index (χ2n) is 7.13. The van der Waals surface area contributed by atoms with Crippen molar-refractivity contribution in [3.8, 4) is 0 Å². The molecule has 15 heteroatoms. The third-order valence-electron chi connectivity index (χ3n) is 4.64. The first-order valence-electron chi connectivity index (χ1n) is 9.92. The van der Waals surface area contributed by atoms with E-state index in [2.05, 4.69) is 25.9 Å². The quantitative estimate of drug-likeness (QED) is 0.226. The van der Waals surface area contributed by atoms with Crippen molar-refractivity contribution in [1.82, 2.24) is 30.6 Å². The molecule has 2 amide bonds. The molecule has 0 aliphatic rings. The van der Waals surface area contributed by atoms with Gasteiger partial charge in [-0.2, -0.15) is 10.1 Å². The van der Waals surface area contributed by atoms with Crippen molar-refractivity contribution >= 4 is 27.3 Å². The summed E-state index contributed by atoms with van der Waals surface area (Å²) in [4.78, 5) is 38.6. The Hall–Kier alpha value is -4.14. The highest BCUT2D eigenvalue weighted by Crippen LogP contribution is 2.21. The number of hydrogen-bond donors (Lipinski definition) is 2. The normalized spacial score (nSPS) is 11.2. The number of aryl methyl sites for hydroxylation is 1. The van der Waals surface area contributed by atoms with E-state index < -0.39 is 38.2 Å². The Balaban J connectivity index is 1.46. The van der Waals surface area contributed by atoms with E-state index in [0.717, 1.165) is 0 Å². The van der Waals surface area contributed by atoms with Crippen molar-refractivity contribution in [3.05, 3.63) is 63.5 Å². The summed E-state index contributed by atoms with van der Waals surface area (Å²) in [5, 5.41) is 23.6. The van der Waals surface area contributed by atoms with Gasteiger partial charge in [-0.3, -0.25) is 24.4 Å². The number of aromatic nitrogens is 4. The van der Waals surface area contributed by atoms with Crippen LogP contribution in [0, 0.1) is 24.0 Å². The minimum absolute atomic E-state index is 0.0157. The number of nitrogens with zero attached hydrogens (tertiary/aromatic N) is 5. The van der Waals surface area contributed by atoms with Gasteiger partial charge in [0.15, 0.2) is 15.7 Å². The van der Waals surface area contributed by atoms with Gasteiger partial charge in [0.25, 0.3) is 0 Å².